The molecule has 0 radical (unpaired) electrons. The van der Waals surface area contributed by atoms with Gasteiger partial charge in [-0.1, -0.05) is 25.4 Å². The Labute approximate surface area is 107 Å². The molecule has 96 valence electrons. The van der Waals surface area contributed by atoms with Crippen LogP contribution in [0, 0.1) is 0 Å². The van der Waals surface area contributed by atoms with Gasteiger partial charge in [0.15, 0.2) is 5.82 Å². The monoisotopic (exact) mass is 258 g/mol. The highest BCUT2D eigenvalue weighted by molar-refractivity contribution is 6.32. The highest BCUT2D eigenvalue weighted by Gasteiger charge is 2.19. The Bertz CT molecular complexity index is 357. The second-order valence-electron chi connectivity index (χ2n) is 3.79. The van der Waals surface area contributed by atoms with Gasteiger partial charge < -0.3 is 15.7 Å². The molecule has 1 heterocycles. The van der Waals surface area contributed by atoms with E-state index in [1.165, 1.54) is 6.20 Å². The predicted molar refractivity (Wildman–Crippen MR) is 70.3 cm³/mol. The van der Waals surface area contributed by atoms with Crippen molar-refractivity contribution in [3.8, 4) is 0 Å². The molecule has 6 heteroatoms. The van der Waals surface area contributed by atoms with E-state index in [1.807, 2.05) is 4.90 Å². The van der Waals surface area contributed by atoms with Crippen LogP contribution in [-0.2, 0) is 0 Å². The van der Waals surface area contributed by atoms with Crippen LogP contribution in [0.2, 0.25) is 5.02 Å². The molecule has 0 spiro atoms. The van der Waals surface area contributed by atoms with E-state index in [2.05, 4.69) is 23.8 Å². The first-order valence-corrected chi connectivity index (χ1v) is 6.17. The number of aliphatic hydroxyl groups is 1. The lowest BCUT2D eigenvalue weighted by molar-refractivity contribution is 0.295. The van der Waals surface area contributed by atoms with Gasteiger partial charge in [0, 0.05) is 12.6 Å². The van der Waals surface area contributed by atoms with Crippen molar-refractivity contribution >= 4 is 23.4 Å². The Morgan fingerprint density at radius 2 is 2.12 bits per heavy atom. The first-order chi connectivity index (χ1) is 8.13. The van der Waals surface area contributed by atoms with Crippen LogP contribution < -0.4 is 10.6 Å². The Hall–Kier alpha value is -1.07. The third kappa shape index (κ3) is 3.44. The maximum Gasteiger partial charge on any atom is 0.222 e. The summed E-state index contributed by atoms with van der Waals surface area (Å²) in [5.41, 5.74) is 5.57. The fourth-order valence-corrected chi connectivity index (χ4v) is 2.07. The summed E-state index contributed by atoms with van der Waals surface area (Å²) >= 11 is 6.08. The maximum atomic E-state index is 9.14. The highest BCUT2D eigenvalue weighted by Crippen LogP contribution is 2.26. The molecule has 0 aromatic carbocycles. The minimum Gasteiger partial charge on any atom is -0.395 e. The van der Waals surface area contributed by atoms with Gasteiger partial charge in [0.2, 0.25) is 5.95 Å². The van der Waals surface area contributed by atoms with Gasteiger partial charge >= 0.3 is 0 Å². The molecule has 0 atom stereocenters. The van der Waals surface area contributed by atoms with Crippen molar-refractivity contribution in [3.63, 3.8) is 0 Å². The average molecular weight is 259 g/mol. The van der Waals surface area contributed by atoms with Crippen molar-refractivity contribution in [2.75, 3.05) is 23.8 Å². The van der Waals surface area contributed by atoms with Crippen LogP contribution in [0.4, 0.5) is 11.8 Å². The molecule has 5 nitrogen and oxygen atoms in total. The van der Waals surface area contributed by atoms with Crippen molar-refractivity contribution in [1.29, 1.82) is 0 Å². The van der Waals surface area contributed by atoms with Crippen LogP contribution in [0.15, 0.2) is 6.20 Å². The number of halogens is 1. The molecule has 0 aliphatic carbocycles. The molecule has 0 aliphatic heterocycles. The maximum absolute atomic E-state index is 9.14. The zero-order valence-electron chi connectivity index (χ0n) is 10.2. The summed E-state index contributed by atoms with van der Waals surface area (Å²) in [7, 11) is 0. The van der Waals surface area contributed by atoms with E-state index in [0.717, 1.165) is 12.8 Å². The van der Waals surface area contributed by atoms with E-state index in [4.69, 9.17) is 22.4 Å². The fraction of sp³-hybridized carbons (Fsp3) is 0.636. The summed E-state index contributed by atoms with van der Waals surface area (Å²) in [6, 6.07) is 0.286. The molecule has 0 saturated carbocycles. The molecular formula is C11H19ClN4O. The van der Waals surface area contributed by atoms with Crippen LogP contribution in [0.1, 0.15) is 26.7 Å². The van der Waals surface area contributed by atoms with Crippen molar-refractivity contribution in [3.05, 3.63) is 11.2 Å². The molecule has 1 aromatic heterocycles. The highest BCUT2D eigenvalue weighted by atomic mass is 35.5. The Balaban J connectivity index is 3.07. The van der Waals surface area contributed by atoms with Crippen LogP contribution in [0.25, 0.3) is 0 Å². The Morgan fingerprint density at radius 1 is 1.47 bits per heavy atom. The lowest BCUT2D eigenvalue weighted by Gasteiger charge is -2.31. The van der Waals surface area contributed by atoms with Gasteiger partial charge in [0.25, 0.3) is 0 Å². The first-order valence-electron chi connectivity index (χ1n) is 5.79. The van der Waals surface area contributed by atoms with E-state index in [9.17, 15) is 0 Å². The van der Waals surface area contributed by atoms with E-state index < -0.39 is 0 Å². The van der Waals surface area contributed by atoms with Crippen molar-refractivity contribution in [2.45, 2.75) is 32.7 Å². The van der Waals surface area contributed by atoms with Crippen LogP contribution in [0.5, 0.6) is 0 Å². The van der Waals surface area contributed by atoms with Crippen LogP contribution in [-0.4, -0.2) is 34.3 Å². The summed E-state index contributed by atoms with van der Waals surface area (Å²) in [6.07, 6.45) is 3.40. The normalized spacial score (nSPS) is 10.9. The molecule has 0 unspecified atom stereocenters. The minimum atomic E-state index is 0.0523. The van der Waals surface area contributed by atoms with Gasteiger partial charge in [0.1, 0.15) is 5.02 Å². The number of nitrogen functional groups attached to an aromatic ring is 1. The van der Waals surface area contributed by atoms with Crippen LogP contribution in [0.3, 0.4) is 0 Å². The SMILES string of the molecule is CCC(CC)N(CCO)c1nc(N)ncc1Cl. The van der Waals surface area contributed by atoms with Crippen molar-refractivity contribution in [1.82, 2.24) is 9.97 Å². The lowest BCUT2D eigenvalue weighted by Crippen LogP contribution is -2.37. The zero-order chi connectivity index (χ0) is 12.8. The summed E-state index contributed by atoms with van der Waals surface area (Å²) in [6.45, 7) is 4.73. The number of aromatic nitrogens is 2. The smallest absolute Gasteiger partial charge is 0.222 e. The van der Waals surface area contributed by atoms with Gasteiger partial charge in [-0.3, -0.25) is 0 Å². The summed E-state index contributed by atoms with van der Waals surface area (Å²) in [5, 5.41) is 9.60. The molecule has 3 N–H and O–H groups in total. The van der Waals surface area contributed by atoms with Gasteiger partial charge in [-0.25, -0.2) is 4.98 Å². The summed E-state index contributed by atoms with van der Waals surface area (Å²) in [5.74, 6) is 0.792. The number of hydrogen-bond donors (Lipinski definition) is 2. The van der Waals surface area contributed by atoms with E-state index in [-0.39, 0.29) is 18.6 Å². The predicted octanol–water partition coefficient (Wildman–Crippen LogP) is 1.70. The first kappa shape index (κ1) is 14.0. The Kier molecular flexibility index (Phi) is 5.44. The number of nitrogens with two attached hydrogens (primary N) is 1. The van der Waals surface area contributed by atoms with Gasteiger partial charge in [0.05, 0.1) is 12.8 Å². The molecule has 0 fully saturated rings. The number of hydrogen-bond acceptors (Lipinski definition) is 5. The molecule has 0 amide bonds. The summed E-state index contributed by atoms with van der Waals surface area (Å²) in [4.78, 5) is 9.98. The Morgan fingerprint density at radius 3 is 2.65 bits per heavy atom. The van der Waals surface area contributed by atoms with E-state index in [1.54, 1.807) is 0 Å². The van der Waals surface area contributed by atoms with Gasteiger partial charge in [-0.05, 0) is 12.8 Å². The summed E-state index contributed by atoms with van der Waals surface area (Å²) < 4.78 is 0. The quantitative estimate of drug-likeness (QED) is 0.812. The zero-order valence-corrected chi connectivity index (χ0v) is 11.0. The van der Waals surface area contributed by atoms with Gasteiger partial charge in [-0.2, -0.15) is 4.98 Å². The number of rotatable bonds is 6. The van der Waals surface area contributed by atoms with Crippen molar-refractivity contribution < 1.29 is 5.11 Å². The molecule has 1 aromatic rings. The van der Waals surface area contributed by atoms with Crippen molar-refractivity contribution in [2.24, 2.45) is 0 Å². The molecule has 17 heavy (non-hydrogen) atoms. The fourth-order valence-electron chi connectivity index (χ4n) is 1.87. The molecule has 0 aliphatic rings. The second kappa shape index (κ2) is 6.61. The average Bonchev–Trinajstić information content (AvgIpc) is 2.33. The van der Waals surface area contributed by atoms with E-state index in [0.29, 0.717) is 17.4 Å². The minimum absolute atomic E-state index is 0.0523. The number of aliphatic hydroxyl groups excluding tert-OH is 1. The number of nitrogens with zero attached hydrogens (tertiary/aromatic N) is 3. The largest absolute Gasteiger partial charge is 0.395 e. The lowest BCUT2D eigenvalue weighted by atomic mass is 10.1. The standard InChI is InChI=1S/C11H19ClN4O/c1-3-8(4-2)16(5-6-17)10-9(12)7-14-11(13)15-10/h7-8,17H,3-6H2,1-2H3,(H2,13,14,15). The van der Waals surface area contributed by atoms with Crippen LogP contribution >= 0.6 is 11.6 Å². The second-order valence-corrected chi connectivity index (χ2v) is 4.19. The van der Waals surface area contributed by atoms with Gasteiger partial charge in [-0.15, -0.1) is 0 Å². The topological polar surface area (TPSA) is 75.3 Å². The third-order valence-corrected chi connectivity index (χ3v) is 3.01. The molecule has 0 saturated heterocycles. The number of anilines is 2. The third-order valence-electron chi connectivity index (χ3n) is 2.74. The van der Waals surface area contributed by atoms with E-state index >= 15 is 0 Å². The molecule has 1 rings (SSSR count). The molecule has 0 bridgehead atoms. The molecular weight excluding hydrogens is 240 g/mol.